The molecule has 0 saturated heterocycles. The van der Waals surface area contributed by atoms with Crippen LogP contribution in [-0.4, -0.2) is 30.6 Å². The van der Waals surface area contributed by atoms with E-state index in [1.54, 1.807) is 0 Å². The molecule has 1 heterocycles. The van der Waals surface area contributed by atoms with E-state index >= 15 is 0 Å². The molecule has 4 heteroatoms. The number of carbonyl (C=O) groups is 1. The number of nitrogen functional groups attached to an aromatic ring is 1. The van der Waals surface area contributed by atoms with Crippen molar-refractivity contribution >= 4 is 11.7 Å². The van der Waals surface area contributed by atoms with Gasteiger partial charge < -0.3 is 15.4 Å². The van der Waals surface area contributed by atoms with Gasteiger partial charge in [0.1, 0.15) is 5.60 Å². The van der Waals surface area contributed by atoms with E-state index in [4.69, 9.17) is 10.5 Å². The molecule has 0 aliphatic carbocycles. The van der Waals surface area contributed by atoms with E-state index in [0.717, 1.165) is 48.9 Å². The van der Waals surface area contributed by atoms with Crippen molar-refractivity contribution < 1.29 is 9.53 Å². The first-order chi connectivity index (χ1) is 15.6. The smallest absolute Gasteiger partial charge is 0.336 e. The Morgan fingerprint density at radius 2 is 1.76 bits per heavy atom. The Balaban J connectivity index is 2.06. The maximum Gasteiger partial charge on any atom is 0.336 e. The van der Waals surface area contributed by atoms with Crippen LogP contribution in [0.2, 0.25) is 0 Å². The topological polar surface area (TPSA) is 55.6 Å². The van der Waals surface area contributed by atoms with Crippen LogP contribution in [0.15, 0.2) is 65.9 Å². The summed E-state index contributed by atoms with van der Waals surface area (Å²) in [6.07, 6.45) is 4.27. The molecule has 2 aromatic rings. The monoisotopic (exact) mass is 448 g/mol. The highest BCUT2D eigenvalue weighted by Gasteiger charge is 2.46. The highest BCUT2D eigenvalue weighted by molar-refractivity contribution is 5.92. The Bertz CT molecular complexity index is 988. The van der Waals surface area contributed by atoms with Gasteiger partial charge in [-0.25, -0.2) is 4.79 Å². The van der Waals surface area contributed by atoms with Crippen LogP contribution in [0.25, 0.3) is 0 Å². The molecule has 2 N–H and O–H groups in total. The average molecular weight is 449 g/mol. The van der Waals surface area contributed by atoms with Gasteiger partial charge in [0.2, 0.25) is 0 Å². The minimum atomic E-state index is -0.483. The molecule has 0 radical (unpaired) electrons. The molecular formula is C29H40N2O2. The van der Waals surface area contributed by atoms with Gasteiger partial charge in [-0.3, -0.25) is 0 Å². The van der Waals surface area contributed by atoms with Crippen LogP contribution in [0.4, 0.5) is 5.69 Å². The molecule has 3 rings (SSSR count). The molecule has 0 saturated carbocycles. The zero-order chi connectivity index (χ0) is 24.2. The second kappa shape index (κ2) is 10.0. The van der Waals surface area contributed by atoms with Crippen molar-refractivity contribution in [2.45, 2.75) is 71.3 Å². The Morgan fingerprint density at radius 1 is 1.06 bits per heavy atom. The first-order valence-corrected chi connectivity index (χ1v) is 12.1. The molecular weight excluding hydrogens is 408 g/mol. The number of hydrogen-bond donors (Lipinski definition) is 1. The van der Waals surface area contributed by atoms with E-state index in [0.29, 0.717) is 5.69 Å². The molecule has 178 valence electrons. The van der Waals surface area contributed by atoms with Gasteiger partial charge in [0.25, 0.3) is 0 Å². The number of cyclic esters (lactones) is 1. The van der Waals surface area contributed by atoms with Crippen molar-refractivity contribution in [3.8, 4) is 0 Å². The second-order valence-electron chi connectivity index (χ2n) is 10.7. The molecule has 0 amide bonds. The molecule has 2 aromatic carbocycles. The number of benzene rings is 2. The molecule has 33 heavy (non-hydrogen) atoms. The summed E-state index contributed by atoms with van der Waals surface area (Å²) in [6.45, 7) is 8.70. The van der Waals surface area contributed by atoms with Crippen LogP contribution in [0.5, 0.6) is 0 Å². The number of nitrogens with zero attached hydrogens (tertiary/aromatic N) is 1. The summed E-state index contributed by atoms with van der Waals surface area (Å²) in [5.41, 5.74) is 10.4. The number of nitrogens with two attached hydrogens (primary N) is 1. The number of anilines is 1. The Hall–Kier alpha value is -2.75. The number of aryl methyl sites for hydroxylation is 1. The largest absolute Gasteiger partial charge is 0.455 e. The van der Waals surface area contributed by atoms with E-state index in [9.17, 15) is 4.79 Å². The Morgan fingerprint density at radius 3 is 2.33 bits per heavy atom. The van der Waals surface area contributed by atoms with E-state index in [1.165, 1.54) is 5.56 Å². The fourth-order valence-corrected chi connectivity index (χ4v) is 5.20. The lowest BCUT2D eigenvalue weighted by molar-refractivity contribution is -0.161. The van der Waals surface area contributed by atoms with Crippen LogP contribution in [0, 0.1) is 5.41 Å². The first-order valence-electron chi connectivity index (χ1n) is 12.1. The molecule has 1 aliphatic heterocycles. The Labute approximate surface area is 199 Å². The molecule has 0 aromatic heterocycles. The third kappa shape index (κ3) is 5.79. The predicted molar refractivity (Wildman–Crippen MR) is 137 cm³/mol. The van der Waals surface area contributed by atoms with Crippen LogP contribution in [0.3, 0.4) is 0 Å². The van der Waals surface area contributed by atoms with Gasteiger partial charge in [-0.05, 0) is 47.9 Å². The minimum Gasteiger partial charge on any atom is -0.455 e. The first kappa shape index (κ1) is 24.9. The third-order valence-corrected chi connectivity index (χ3v) is 6.69. The molecule has 0 fully saturated rings. The van der Waals surface area contributed by atoms with Crippen LogP contribution < -0.4 is 5.73 Å². The Kier molecular flexibility index (Phi) is 7.56. The van der Waals surface area contributed by atoms with Crippen molar-refractivity contribution in [2.75, 3.05) is 19.8 Å². The molecule has 0 bridgehead atoms. The van der Waals surface area contributed by atoms with Crippen LogP contribution >= 0.6 is 0 Å². The van der Waals surface area contributed by atoms with E-state index in [-0.39, 0.29) is 17.3 Å². The van der Waals surface area contributed by atoms with Gasteiger partial charge in [0.15, 0.2) is 0 Å². The SMILES string of the molecule is CCC[C@]1(CCc2ccccc2)CC(N(C)C)=C([C@H](c2cccc(N)c2)C(C)(C)C)C(=O)O1. The quantitative estimate of drug-likeness (QED) is 0.378. The van der Waals surface area contributed by atoms with Crippen molar-refractivity contribution in [1.29, 1.82) is 0 Å². The fraction of sp³-hybridized carbons (Fsp3) is 0.483. The average Bonchev–Trinajstić information content (AvgIpc) is 2.74. The van der Waals surface area contributed by atoms with E-state index < -0.39 is 5.60 Å². The lowest BCUT2D eigenvalue weighted by atomic mass is 9.69. The van der Waals surface area contributed by atoms with Crippen molar-refractivity contribution in [2.24, 2.45) is 5.41 Å². The number of ether oxygens (including phenoxy) is 1. The third-order valence-electron chi connectivity index (χ3n) is 6.69. The fourth-order valence-electron chi connectivity index (χ4n) is 5.20. The summed E-state index contributed by atoms with van der Waals surface area (Å²) in [6, 6.07) is 18.4. The lowest BCUT2D eigenvalue weighted by Gasteiger charge is -2.44. The van der Waals surface area contributed by atoms with E-state index in [2.05, 4.69) is 62.9 Å². The summed E-state index contributed by atoms with van der Waals surface area (Å²) in [5, 5.41) is 0. The highest BCUT2D eigenvalue weighted by atomic mass is 16.6. The summed E-state index contributed by atoms with van der Waals surface area (Å²) >= 11 is 0. The highest BCUT2D eigenvalue weighted by Crippen LogP contribution is 2.48. The van der Waals surface area contributed by atoms with Crippen LogP contribution in [-0.2, 0) is 16.0 Å². The van der Waals surface area contributed by atoms with Gasteiger partial charge in [0, 0.05) is 37.8 Å². The summed E-state index contributed by atoms with van der Waals surface area (Å²) < 4.78 is 6.40. The van der Waals surface area contributed by atoms with Gasteiger partial charge in [-0.15, -0.1) is 0 Å². The zero-order valence-electron chi connectivity index (χ0n) is 21.2. The number of carbonyl (C=O) groups excluding carboxylic acids is 1. The van der Waals surface area contributed by atoms with Crippen molar-refractivity contribution in [1.82, 2.24) is 4.90 Å². The van der Waals surface area contributed by atoms with Gasteiger partial charge >= 0.3 is 5.97 Å². The standard InChI is InChI=1S/C29H40N2O2/c1-7-17-29(18-16-21-12-9-8-10-13-21)20-24(31(5)6)25(27(32)33-29)26(28(2,3)4)22-14-11-15-23(30)19-22/h8-15,19,26H,7,16-18,20,30H2,1-6H3/t26-,29-/m0/s1. The van der Waals surface area contributed by atoms with Crippen LogP contribution in [0.1, 0.15) is 70.4 Å². The number of rotatable bonds is 8. The lowest BCUT2D eigenvalue weighted by Crippen LogP contribution is -2.45. The van der Waals surface area contributed by atoms with E-state index in [1.807, 2.05) is 38.4 Å². The minimum absolute atomic E-state index is 0.111. The molecule has 1 aliphatic rings. The van der Waals surface area contributed by atoms with Crippen molar-refractivity contribution in [3.63, 3.8) is 0 Å². The number of hydrogen-bond acceptors (Lipinski definition) is 4. The molecule has 0 unspecified atom stereocenters. The number of esters is 1. The second-order valence-corrected chi connectivity index (χ2v) is 10.7. The van der Waals surface area contributed by atoms with Gasteiger partial charge in [-0.1, -0.05) is 76.6 Å². The summed E-state index contributed by atoms with van der Waals surface area (Å²) in [5.74, 6) is -0.298. The maximum atomic E-state index is 13.8. The predicted octanol–water partition coefficient (Wildman–Crippen LogP) is 6.33. The molecule has 0 spiro atoms. The van der Waals surface area contributed by atoms with Crippen molar-refractivity contribution in [3.05, 3.63) is 77.0 Å². The van der Waals surface area contributed by atoms with Gasteiger partial charge in [-0.2, -0.15) is 0 Å². The molecule has 4 nitrogen and oxygen atoms in total. The normalized spacial score (nSPS) is 19.9. The zero-order valence-corrected chi connectivity index (χ0v) is 21.2. The maximum absolute atomic E-state index is 13.8. The summed E-state index contributed by atoms with van der Waals surface area (Å²) in [4.78, 5) is 15.9. The molecule has 2 atom stereocenters. The summed E-state index contributed by atoms with van der Waals surface area (Å²) in [7, 11) is 4.09. The van der Waals surface area contributed by atoms with Gasteiger partial charge in [0.05, 0.1) is 5.57 Å².